The van der Waals surface area contributed by atoms with Crippen LogP contribution in [0.4, 0.5) is 0 Å². The number of halogens is 2. The van der Waals surface area contributed by atoms with Gasteiger partial charge in [0.05, 0.1) is 14.2 Å². The van der Waals surface area contributed by atoms with Gasteiger partial charge >= 0.3 is 0 Å². The Kier molecular flexibility index (Phi) is 14.7. The van der Waals surface area contributed by atoms with Crippen molar-refractivity contribution in [3.63, 3.8) is 0 Å². The van der Waals surface area contributed by atoms with E-state index in [0.29, 0.717) is 69.9 Å². The maximum Gasteiger partial charge on any atom is 0.213 e. The summed E-state index contributed by atoms with van der Waals surface area (Å²) in [5.74, 6) is 4.29. The van der Waals surface area contributed by atoms with Gasteiger partial charge in [-0.3, -0.25) is 9.59 Å². The van der Waals surface area contributed by atoms with Crippen LogP contribution < -0.4 is 9.47 Å². The fourth-order valence-electron chi connectivity index (χ4n) is 7.94. The summed E-state index contributed by atoms with van der Waals surface area (Å²) >= 11 is 11.8. The first-order chi connectivity index (χ1) is 25.1. The molecule has 0 amide bonds. The molecule has 2 fully saturated rings. The molecule has 2 aromatic heterocycles. The Hall–Kier alpha value is -3.74. The molecule has 2 aliphatic carbocycles. The van der Waals surface area contributed by atoms with Crippen LogP contribution in [0.1, 0.15) is 99.3 Å². The minimum atomic E-state index is 0.110. The highest BCUT2D eigenvalue weighted by Crippen LogP contribution is 2.41. The molecule has 2 unspecified atom stereocenters. The number of carbonyl (C=O) groups excluding carboxylic acids is 2. The third-order valence-corrected chi connectivity index (χ3v) is 11.9. The van der Waals surface area contributed by atoms with Crippen LogP contribution in [-0.2, 0) is 22.4 Å². The second-order valence-electron chi connectivity index (χ2n) is 14.6. The third-order valence-electron chi connectivity index (χ3n) is 11.4. The number of rotatable bonds is 12. The van der Waals surface area contributed by atoms with Crippen LogP contribution in [-0.4, -0.2) is 35.8 Å². The van der Waals surface area contributed by atoms with Crippen LogP contribution in [0.15, 0.2) is 85.2 Å². The van der Waals surface area contributed by atoms with Gasteiger partial charge in [-0.2, -0.15) is 0 Å². The first-order valence-electron chi connectivity index (χ1n) is 18.7. The number of ketones is 2. The predicted octanol–water partition coefficient (Wildman–Crippen LogP) is 10.9. The molecule has 2 heterocycles. The van der Waals surface area contributed by atoms with Crippen LogP contribution in [0, 0.1) is 23.7 Å². The topological polar surface area (TPSA) is 78.4 Å². The first-order valence-corrected chi connectivity index (χ1v) is 19.4. The molecule has 6 rings (SSSR count). The van der Waals surface area contributed by atoms with Crippen molar-refractivity contribution in [2.24, 2.45) is 23.7 Å². The number of nitrogens with zero attached hydrogens (tertiary/aromatic N) is 2. The number of benzene rings is 2. The Bertz CT molecular complexity index is 1600. The number of carbonyl (C=O) groups is 2. The van der Waals surface area contributed by atoms with E-state index in [4.69, 9.17) is 32.7 Å². The molecule has 0 N–H and O–H groups in total. The summed E-state index contributed by atoms with van der Waals surface area (Å²) < 4.78 is 10.5. The van der Waals surface area contributed by atoms with Gasteiger partial charge in [0.1, 0.15) is 11.6 Å². The van der Waals surface area contributed by atoms with E-state index in [2.05, 4.69) is 35.9 Å². The number of methoxy groups -OCH3 is 2. The largest absolute Gasteiger partial charge is 0.481 e. The molecule has 0 spiro atoms. The van der Waals surface area contributed by atoms with Crippen molar-refractivity contribution in [2.45, 2.75) is 89.9 Å². The van der Waals surface area contributed by atoms with Crippen LogP contribution in [0.25, 0.3) is 0 Å². The molecular formula is C44H52Cl2N2O4. The summed E-state index contributed by atoms with van der Waals surface area (Å²) in [6, 6.07) is 23.4. The standard InChI is InChI=1S/2C22H26ClNO2/c2*1-15(21(25)13-16-3-9-20(23)10-4-16)17-5-7-18(8-6-17)19-11-12-24-22(14-19)26-2/h2*3-4,9-12,14-15,17-18H,5-8,13H2,1-2H3. The number of pyridine rings is 2. The van der Waals surface area contributed by atoms with Gasteiger partial charge in [0.15, 0.2) is 0 Å². The van der Waals surface area contributed by atoms with E-state index in [1.54, 1.807) is 14.2 Å². The molecule has 8 heteroatoms. The zero-order chi connectivity index (χ0) is 37.0. The average Bonchev–Trinajstić information content (AvgIpc) is 3.19. The zero-order valence-corrected chi connectivity index (χ0v) is 32.4. The minimum absolute atomic E-state index is 0.110. The number of hydrogen-bond donors (Lipinski definition) is 0. The Morgan fingerprint density at radius 2 is 0.942 bits per heavy atom. The van der Waals surface area contributed by atoms with Gasteiger partial charge in [-0.1, -0.05) is 61.3 Å². The number of ether oxygens (including phenoxy) is 2. The van der Waals surface area contributed by atoms with Gasteiger partial charge in [0.2, 0.25) is 11.8 Å². The number of hydrogen-bond acceptors (Lipinski definition) is 6. The molecule has 52 heavy (non-hydrogen) atoms. The smallest absolute Gasteiger partial charge is 0.213 e. The Labute approximate surface area is 319 Å². The third kappa shape index (κ3) is 11.1. The molecule has 0 saturated heterocycles. The zero-order valence-electron chi connectivity index (χ0n) is 30.9. The Morgan fingerprint density at radius 1 is 0.596 bits per heavy atom. The molecule has 4 aromatic rings. The van der Waals surface area contributed by atoms with Crippen LogP contribution in [0.2, 0.25) is 10.0 Å². The second-order valence-corrected chi connectivity index (χ2v) is 15.5. The fourth-order valence-corrected chi connectivity index (χ4v) is 8.19. The normalized spacial score (nSPS) is 21.2. The molecule has 2 saturated carbocycles. The summed E-state index contributed by atoms with van der Waals surface area (Å²) in [7, 11) is 3.30. The molecule has 2 atom stereocenters. The summed E-state index contributed by atoms with van der Waals surface area (Å²) in [5, 5.41) is 1.42. The summed E-state index contributed by atoms with van der Waals surface area (Å²) in [4.78, 5) is 33.7. The van der Waals surface area contributed by atoms with E-state index in [0.717, 1.165) is 62.5 Å². The molecule has 6 nitrogen and oxygen atoms in total. The Morgan fingerprint density at radius 3 is 1.27 bits per heavy atom. The highest BCUT2D eigenvalue weighted by Gasteiger charge is 2.31. The van der Waals surface area contributed by atoms with Gasteiger partial charge in [0, 0.05) is 59.2 Å². The molecule has 2 aromatic carbocycles. The molecule has 0 radical (unpaired) electrons. The SMILES string of the molecule is COc1cc(C2CCC(C(C)C(=O)Cc3ccc(Cl)cc3)CC2)ccn1.COc1cc(C2CCC(C(C)C(=O)Cc3ccc(Cl)cc3)CC2)ccn1. The van der Waals surface area contributed by atoms with Gasteiger partial charge < -0.3 is 9.47 Å². The van der Waals surface area contributed by atoms with Crippen molar-refractivity contribution in [1.82, 2.24) is 9.97 Å². The summed E-state index contributed by atoms with van der Waals surface area (Å²) in [6.45, 7) is 4.19. The van der Waals surface area contributed by atoms with Crippen molar-refractivity contribution in [3.05, 3.63) is 117 Å². The lowest BCUT2D eigenvalue weighted by Crippen LogP contribution is -2.26. The average molecular weight is 744 g/mol. The monoisotopic (exact) mass is 742 g/mol. The van der Waals surface area contributed by atoms with Gasteiger partial charge in [-0.05, 0) is 134 Å². The van der Waals surface area contributed by atoms with E-state index >= 15 is 0 Å². The van der Waals surface area contributed by atoms with Crippen molar-refractivity contribution in [3.8, 4) is 11.8 Å². The van der Waals surface area contributed by atoms with Crippen molar-refractivity contribution < 1.29 is 19.1 Å². The van der Waals surface area contributed by atoms with E-state index in [1.807, 2.05) is 73.1 Å². The lowest BCUT2D eigenvalue weighted by Gasteiger charge is -2.32. The minimum Gasteiger partial charge on any atom is -0.481 e. The van der Waals surface area contributed by atoms with Crippen LogP contribution in [0.3, 0.4) is 0 Å². The lowest BCUT2D eigenvalue weighted by atomic mass is 9.73. The molecule has 276 valence electrons. The van der Waals surface area contributed by atoms with E-state index in [9.17, 15) is 9.59 Å². The molecule has 2 aliphatic rings. The molecule has 0 bridgehead atoms. The summed E-state index contributed by atoms with van der Waals surface area (Å²) in [5.41, 5.74) is 4.69. The quantitative estimate of drug-likeness (QED) is 0.144. The number of aromatic nitrogens is 2. The molecular weight excluding hydrogens is 691 g/mol. The predicted molar refractivity (Wildman–Crippen MR) is 210 cm³/mol. The second kappa shape index (κ2) is 19.4. The van der Waals surface area contributed by atoms with Crippen LogP contribution >= 0.6 is 23.2 Å². The van der Waals surface area contributed by atoms with E-state index in [1.165, 1.54) is 11.1 Å². The Balaban J connectivity index is 0.000000201. The molecule has 0 aliphatic heterocycles. The number of Topliss-reactive ketones (excluding diaryl/α,β-unsaturated/α-hetero) is 2. The highest BCUT2D eigenvalue weighted by atomic mass is 35.5. The highest BCUT2D eigenvalue weighted by molar-refractivity contribution is 6.30. The van der Waals surface area contributed by atoms with Crippen molar-refractivity contribution >= 4 is 34.8 Å². The first kappa shape index (κ1) is 39.5. The maximum atomic E-state index is 12.7. The lowest BCUT2D eigenvalue weighted by molar-refractivity contribution is -0.124. The summed E-state index contributed by atoms with van der Waals surface area (Å²) in [6.07, 6.45) is 13.5. The van der Waals surface area contributed by atoms with Crippen molar-refractivity contribution in [2.75, 3.05) is 14.2 Å². The van der Waals surface area contributed by atoms with Crippen LogP contribution in [0.5, 0.6) is 11.8 Å². The fraction of sp³-hybridized carbons (Fsp3) is 0.455. The van der Waals surface area contributed by atoms with E-state index in [-0.39, 0.29) is 11.8 Å². The maximum absolute atomic E-state index is 12.7. The van der Waals surface area contributed by atoms with Crippen molar-refractivity contribution in [1.29, 1.82) is 0 Å². The van der Waals surface area contributed by atoms with Gasteiger partial charge in [-0.15, -0.1) is 0 Å². The van der Waals surface area contributed by atoms with Gasteiger partial charge in [-0.25, -0.2) is 9.97 Å². The van der Waals surface area contributed by atoms with Gasteiger partial charge in [0.25, 0.3) is 0 Å². The van der Waals surface area contributed by atoms with E-state index < -0.39 is 0 Å².